The highest BCUT2D eigenvalue weighted by Crippen LogP contribution is 2.42. The van der Waals surface area contributed by atoms with Gasteiger partial charge in [0, 0.05) is 32.0 Å². The zero-order valence-corrected chi connectivity index (χ0v) is 21.9. The van der Waals surface area contributed by atoms with Crippen molar-refractivity contribution in [3.8, 4) is 6.07 Å². The number of nitriles is 1. The molecule has 1 unspecified atom stereocenters. The molecule has 2 heterocycles. The van der Waals surface area contributed by atoms with E-state index >= 15 is 0 Å². The van der Waals surface area contributed by atoms with Crippen LogP contribution in [0.3, 0.4) is 0 Å². The summed E-state index contributed by atoms with van der Waals surface area (Å²) in [6.45, 7) is 1.82. The van der Waals surface area contributed by atoms with Crippen molar-refractivity contribution in [1.82, 2.24) is 5.32 Å². The third-order valence-electron chi connectivity index (χ3n) is 5.23. The van der Waals surface area contributed by atoms with E-state index in [4.69, 9.17) is 0 Å². The number of rotatable bonds is 7. The van der Waals surface area contributed by atoms with Crippen LogP contribution < -0.4 is 16.0 Å². The summed E-state index contributed by atoms with van der Waals surface area (Å²) in [6, 6.07) is 22.6. The lowest BCUT2D eigenvalue weighted by molar-refractivity contribution is -0.114. The Morgan fingerprint density at radius 1 is 1.06 bits per heavy atom. The van der Waals surface area contributed by atoms with Gasteiger partial charge in [0.1, 0.15) is 0 Å². The minimum Gasteiger partial charge on any atom is -0.353 e. The predicted octanol–water partition coefficient (Wildman–Crippen LogP) is 6.22. The number of carbonyl (C=O) groups is 2. The molecular formula is C26H21BrN4O2S2. The number of benzene rings is 2. The van der Waals surface area contributed by atoms with Crippen LogP contribution in [0.15, 0.2) is 98.5 Å². The SMILES string of the molecule is CC1=C(C(=O)Nc2ccccc2)C(c2cccs2)C(C#N)=C(SCC(=O)Nc2ccc(Br)cc2)N1. The molecule has 0 saturated heterocycles. The number of para-hydroxylation sites is 1. The van der Waals surface area contributed by atoms with Gasteiger partial charge in [0.2, 0.25) is 5.91 Å². The molecule has 2 aromatic carbocycles. The Morgan fingerprint density at radius 3 is 2.43 bits per heavy atom. The van der Waals surface area contributed by atoms with Gasteiger partial charge >= 0.3 is 0 Å². The monoisotopic (exact) mass is 564 g/mol. The summed E-state index contributed by atoms with van der Waals surface area (Å²) in [4.78, 5) is 26.8. The van der Waals surface area contributed by atoms with Gasteiger partial charge in [-0.2, -0.15) is 5.26 Å². The van der Waals surface area contributed by atoms with E-state index in [0.717, 1.165) is 9.35 Å². The Balaban J connectivity index is 1.57. The number of nitrogens with one attached hydrogen (secondary N) is 3. The smallest absolute Gasteiger partial charge is 0.254 e. The van der Waals surface area contributed by atoms with Gasteiger partial charge in [-0.1, -0.05) is 52.0 Å². The van der Waals surface area contributed by atoms with Gasteiger partial charge in [-0.05, 0) is 54.8 Å². The predicted molar refractivity (Wildman–Crippen MR) is 146 cm³/mol. The van der Waals surface area contributed by atoms with Gasteiger partial charge in [0.25, 0.3) is 5.91 Å². The van der Waals surface area contributed by atoms with E-state index in [0.29, 0.717) is 33.2 Å². The first-order valence-electron chi connectivity index (χ1n) is 10.7. The number of halogens is 1. The molecule has 0 fully saturated rings. The molecule has 9 heteroatoms. The first kappa shape index (κ1) is 24.8. The zero-order chi connectivity index (χ0) is 24.8. The maximum atomic E-state index is 13.3. The first-order valence-corrected chi connectivity index (χ1v) is 13.3. The Bertz CT molecular complexity index is 1330. The van der Waals surface area contributed by atoms with Crippen LogP contribution in [0.4, 0.5) is 11.4 Å². The molecule has 1 aliphatic heterocycles. The lowest BCUT2D eigenvalue weighted by atomic mass is 9.86. The van der Waals surface area contributed by atoms with Crippen LogP contribution in [0, 0.1) is 11.3 Å². The summed E-state index contributed by atoms with van der Waals surface area (Å²) >= 11 is 6.11. The van der Waals surface area contributed by atoms with Crippen LogP contribution in [0.2, 0.25) is 0 Å². The molecule has 1 aliphatic rings. The van der Waals surface area contributed by atoms with E-state index in [1.807, 2.05) is 79.0 Å². The van der Waals surface area contributed by atoms with Crippen molar-refractivity contribution in [2.75, 3.05) is 16.4 Å². The number of carbonyl (C=O) groups excluding carboxylic acids is 2. The molecule has 0 saturated carbocycles. The molecule has 0 radical (unpaired) electrons. The maximum Gasteiger partial charge on any atom is 0.254 e. The highest BCUT2D eigenvalue weighted by molar-refractivity contribution is 9.10. The van der Waals surface area contributed by atoms with Gasteiger partial charge in [-0.25, -0.2) is 0 Å². The number of thioether (sulfide) groups is 1. The molecule has 0 aliphatic carbocycles. The average Bonchev–Trinajstić information content (AvgIpc) is 3.39. The molecule has 35 heavy (non-hydrogen) atoms. The van der Waals surface area contributed by atoms with E-state index in [2.05, 4.69) is 37.9 Å². The number of dihydropyridines is 1. The highest BCUT2D eigenvalue weighted by atomic mass is 79.9. The fourth-order valence-corrected chi connectivity index (χ4v) is 5.65. The molecule has 0 bridgehead atoms. The van der Waals surface area contributed by atoms with Gasteiger partial charge in [-0.15, -0.1) is 11.3 Å². The van der Waals surface area contributed by atoms with Gasteiger partial charge in [0.15, 0.2) is 0 Å². The summed E-state index contributed by atoms with van der Waals surface area (Å²) < 4.78 is 0.925. The van der Waals surface area contributed by atoms with Crippen molar-refractivity contribution in [1.29, 1.82) is 5.26 Å². The van der Waals surface area contributed by atoms with Crippen molar-refractivity contribution in [2.24, 2.45) is 0 Å². The standard InChI is InChI=1S/C26H21BrN4O2S2/c1-16-23(25(33)31-18-6-3-2-4-7-18)24(21-8-5-13-34-21)20(14-28)26(29-16)35-15-22(32)30-19-11-9-17(27)10-12-19/h2-13,24,29H,15H2,1H3,(H,30,32)(H,31,33). The number of thiophene rings is 1. The number of hydrogen-bond acceptors (Lipinski definition) is 6. The molecule has 176 valence electrons. The van der Waals surface area contributed by atoms with Crippen molar-refractivity contribution in [3.05, 3.63) is 103 Å². The van der Waals surface area contributed by atoms with Crippen LogP contribution in [0.5, 0.6) is 0 Å². The molecule has 4 rings (SSSR count). The lowest BCUT2D eigenvalue weighted by Crippen LogP contribution is -2.30. The molecule has 0 spiro atoms. The summed E-state index contributed by atoms with van der Waals surface area (Å²) in [5, 5.41) is 21.6. The molecule has 6 nitrogen and oxygen atoms in total. The van der Waals surface area contributed by atoms with Crippen molar-refractivity contribution in [2.45, 2.75) is 12.8 Å². The van der Waals surface area contributed by atoms with Crippen molar-refractivity contribution < 1.29 is 9.59 Å². The first-order chi connectivity index (χ1) is 17.0. The fourth-order valence-electron chi connectivity index (χ4n) is 3.66. The molecule has 3 aromatic rings. The maximum absolute atomic E-state index is 13.3. The Hall–Kier alpha value is -3.32. The van der Waals surface area contributed by atoms with E-state index in [1.165, 1.54) is 23.1 Å². The Kier molecular flexibility index (Phi) is 8.08. The molecule has 1 aromatic heterocycles. The summed E-state index contributed by atoms with van der Waals surface area (Å²) in [5.41, 5.74) is 2.91. The second kappa shape index (κ2) is 11.4. The third kappa shape index (κ3) is 6.03. The van der Waals surface area contributed by atoms with Gasteiger partial charge < -0.3 is 16.0 Å². The molecular weight excluding hydrogens is 544 g/mol. The summed E-state index contributed by atoms with van der Waals surface area (Å²) in [7, 11) is 0. The van der Waals surface area contributed by atoms with Crippen LogP contribution in [-0.4, -0.2) is 17.6 Å². The van der Waals surface area contributed by atoms with E-state index in [1.54, 1.807) is 0 Å². The molecule has 2 amide bonds. The summed E-state index contributed by atoms with van der Waals surface area (Å²) in [5.74, 6) is -0.878. The second-order valence-corrected chi connectivity index (χ2v) is 10.5. The number of amides is 2. The average molecular weight is 566 g/mol. The Morgan fingerprint density at radius 2 is 1.77 bits per heavy atom. The third-order valence-corrected chi connectivity index (χ3v) is 7.71. The topological polar surface area (TPSA) is 94.0 Å². The van der Waals surface area contributed by atoms with Gasteiger partial charge in [-0.3, -0.25) is 9.59 Å². The highest BCUT2D eigenvalue weighted by Gasteiger charge is 2.35. The summed E-state index contributed by atoms with van der Waals surface area (Å²) in [6.07, 6.45) is 0. The van der Waals surface area contributed by atoms with Crippen LogP contribution in [-0.2, 0) is 9.59 Å². The zero-order valence-electron chi connectivity index (χ0n) is 18.7. The quantitative estimate of drug-likeness (QED) is 0.317. The minimum atomic E-state index is -0.526. The minimum absolute atomic E-state index is 0.111. The normalized spacial score (nSPS) is 15.3. The van der Waals surface area contributed by atoms with Crippen LogP contribution >= 0.6 is 39.0 Å². The number of nitrogens with zero attached hydrogens (tertiary/aromatic N) is 1. The fraction of sp³-hybridized carbons (Fsp3) is 0.115. The number of allylic oxidation sites excluding steroid dienone is 2. The van der Waals surface area contributed by atoms with E-state index in [9.17, 15) is 14.9 Å². The van der Waals surface area contributed by atoms with E-state index < -0.39 is 5.92 Å². The number of anilines is 2. The molecule has 3 N–H and O–H groups in total. The lowest BCUT2D eigenvalue weighted by Gasteiger charge is -2.29. The van der Waals surface area contributed by atoms with Crippen molar-refractivity contribution in [3.63, 3.8) is 0 Å². The van der Waals surface area contributed by atoms with Crippen LogP contribution in [0.1, 0.15) is 17.7 Å². The van der Waals surface area contributed by atoms with Crippen molar-refractivity contribution >= 4 is 62.2 Å². The van der Waals surface area contributed by atoms with Gasteiger partial charge in [0.05, 0.1) is 28.3 Å². The molecule has 1 atom stereocenters. The van der Waals surface area contributed by atoms with Crippen LogP contribution in [0.25, 0.3) is 0 Å². The second-order valence-electron chi connectivity index (χ2n) is 7.63. The number of hydrogen-bond donors (Lipinski definition) is 3. The largest absolute Gasteiger partial charge is 0.353 e. The van der Waals surface area contributed by atoms with E-state index in [-0.39, 0.29) is 17.6 Å². The Labute approximate surface area is 220 Å².